The van der Waals surface area contributed by atoms with E-state index in [9.17, 15) is 4.79 Å². The number of hydrogen-bond acceptors (Lipinski definition) is 4. The molecule has 4 unspecified atom stereocenters. The van der Waals surface area contributed by atoms with Crippen LogP contribution in [0.2, 0.25) is 39.3 Å². The zero-order valence-electron chi connectivity index (χ0n) is 27.9. The molecule has 4 rings (SSSR count). The third-order valence-corrected chi connectivity index (χ3v) is 13.8. The Hall–Kier alpha value is -0.436. The number of carbonyl (C=O) groups excluding carboxylic acids is 1. The number of carbonyl (C=O) groups is 1. The molecule has 0 saturated heterocycles. The Morgan fingerprint density at radius 2 is 1.68 bits per heavy atom. The van der Waals surface area contributed by atoms with Crippen molar-refractivity contribution < 1.29 is 18.4 Å². The lowest BCUT2D eigenvalue weighted by Crippen LogP contribution is -2.62. The first kappa shape index (κ1) is 32.5. The summed E-state index contributed by atoms with van der Waals surface area (Å²) in [6, 6.07) is 0. The first-order valence-corrected chi connectivity index (χ1v) is 23.5. The molecule has 0 bridgehead atoms. The van der Waals surface area contributed by atoms with E-state index in [-0.39, 0.29) is 17.3 Å². The van der Waals surface area contributed by atoms with Crippen LogP contribution in [0.1, 0.15) is 91.9 Å². The van der Waals surface area contributed by atoms with E-state index < -0.39 is 16.6 Å². The Bertz CT molecular complexity index is 935. The van der Waals surface area contributed by atoms with E-state index in [4.69, 9.17) is 13.6 Å². The topological polar surface area (TPSA) is 44.8 Å². The molecule has 0 aromatic rings. The Morgan fingerprint density at radius 1 is 1.00 bits per heavy atom. The fourth-order valence-corrected chi connectivity index (χ4v) is 12.4. The van der Waals surface area contributed by atoms with E-state index in [1.165, 1.54) is 52.1 Å². The van der Waals surface area contributed by atoms with E-state index in [1.807, 2.05) is 6.92 Å². The second-order valence-electron chi connectivity index (χ2n) is 16.6. The van der Waals surface area contributed by atoms with Crippen LogP contribution < -0.4 is 0 Å². The molecule has 10 atom stereocenters. The highest BCUT2D eigenvalue weighted by molar-refractivity contribution is 6.70. The highest BCUT2D eigenvalue weighted by atomic mass is 28.4. The molecule has 0 aromatic carbocycles. The average molecular weight is 591 g/mol. The Kier molecular flexibility index (Phi) is 9.68. The second kappa shape index (κ2) is 11.9. The molecular weight excluding hydrogens is 529 g/mol. The third-order valence-electron chi connectivity index (χ3n) is 11.8. The molecule has 0 aliphatic heterocycles. The fourth-order valence-electron chi connectivity index (χ4n) is 10.0. The standard InChI is InChI=1S/C34H62O4Si2/c1-23(15-14-16-24(2)32(35)36-5)26-18-19-27-31-28(22-30(34(26,27)4)38-40(9,10)11)33(3)20-13-12-17-25(33)21-29(31)37-39(6,7)8/h17,23-24,26-31H,12-16,18-22H2,1-11H3/t23-,24?,26-,27?,28?,29-,30+,31?,33+,34-/m1/s1. The van der Waals surface area contributed by atoms with Crippen molar-refractivity contribution in [3.8, 4) is 0 Å². The Balaban J connectivity index is 1.67. The van der Waals surface area contributed by atoms with Crippen LogP contribution in [0.3, 0.4) is 0 Å². The summed E-state index contributed by atoms with van der Waals surface area (Å²) in [6.45, 7) is 24.1. The first-order chi connectivity index (χ1) is 18.5. The maximum atomic E-state index is 12.0. The van der Waals surface area contributed by atoms with Gasteiger partial charge in [0.25, 0.3) is 0 Å². The first-order valence-electron chi connectivity index (χ1n) is 16.6. The van der Waals surface area contributed by atoms with Gasteiger partial charge in [-0.1, -0.05) is 52.2 Å². The minimum absolute atomic E-state index is 0.0114. The van der Waals surface area contributed by atoms with Crippen molar-refractivity contribution >= 4 is 22.6 Å². The molecule has 0 amide bonds. The van der Waals surface area contributed by atoms with Crippen LogP contribution in [-0.2, 0) is 18.4 Å². The zero-order valence-corrected chi connectivity index (χ0v) is 29.9. The van der Waals surface area contributed by atoms with E-state index in [0.29, 0.717) is 47.2 Å². The second-order valence-corrected chi connectivity index (χ2v) is 25.6. The van der Waals surface area contributed by atoms with Crippen LogP contribution in [0, 0.1) is 46.3 Å². The molecular formula is C34H62O4Si2. The van der Waals surface area contributed by atoms with Gasteiger partial charge in [-0.3, -0.25) is 4.79 Å². The molecule has 0 heterocycles. The van der Waals surface area contributed by atoms with Gasteiger partial charge in [-0.25, -0.2) is 0 Å². The summed E-state index contributed by atoms with van der Waals surface area (Å²) in [4.78, 5) is 12.0. The predicted octanol–water partition coefficient (Wildman–Crippen LogP) is 9.23. The van der Waals surface area contributed by atoms with Gasteiger partial charge in [-0.2, -0.15) is 0 Å². The summed E-state index contributed by atoms with van der Waals surface area (Å²) in [7, 11) is -1.93. The largest absolute Gasteiger partial charge is 0.469 e. The number of methoxy groups -OCH3 is 1. The molecule has 0 N–H and O–H groups in total. The molecule has 4 aliphatic carbocycles. The average Bonchev–Trinajstić information content (AvgIpc) is 3.20. The molecule has 40 heavy (non-hydrogen) atoms. The Morgan fingerprint density at radius 3 is 2.30 bits per heavy atom. The number of allylic oxidation sites excluding steroid dienone is 1. The van der Waals surface area contributed by atoms with Gasteiger partial charge in [-0.05, 0) is 131 Å². The van der Waals surface area contributed by atoms with Gasteiger partial charge >= 0.3 is 5.97 Å². The lowest BCUT2D eigenvalue weighted by atomic mass is 9.45. The van der Waals surface area contributed by atoms with Gasteiger partial charge in [-0.15, -0.1) is 0 Å². The summed E-state index contributed by atoms with van der Waals surface area (Å²) < 4.78 is 19.5. The van der Waals surface area contributed by atoms with Gasteiger partial charge in [0.05, 0.1) is 25.2 Å². The summed E-state index contributed by atoms with van der Waals surface area (Å²) >= 11 is 0. The molecule has 3 fully saturated rings. The van der Waals surface area contributed by atoms with Gasteiger partial charge in [0.1, 0.15) is 0 Å². The van der Waals surface area contributed by atoms with Crippen molar-refractivity contribution in [1.29, 1.82) is 0 Å². The van der Waals surface area contributed by atoms with Crippen LogP contribution >= 0.6 is 0 Å². The van der Waals surface area contributed by atoms with Crippen molar-refractivity contribution in [1.82, 2.24) is 0 Å². The smallest absolute Gasteiger partial charge is 0.308 e. The van der Waals surface area contributed by atoms with Crippen molar-refractivity contribution in [2.24, 2.45) is 46.3 Å². The lowest BCUT2D eigenvalue weighted by molar-refractivity contribution is -0.159. The monoisotopic (exact) mass is 590 g/mol. The van der Waals surface area contributed by atoms with Crippen molar-refractivity contribution in [3.63, 3.8) is 0 Å². The SMILES string of the molecule is COC(=O)C(C)CCC[C@@H](C)[C@H]1CCC2C3C(C[C@H](O[Si](C)(C)C)[C@@]21C)[C@@]1(C)CCCC=C1C[C@H]3O[Si](C)(C)C. The highest BCUT2D eigenvalue weighted by Gasteiger charge is 2.66. The molecule has 3 saturated carbocycles. The lowest BCUT2D eigenvalue weighted by Gasteiger charge is -2.63. The highest BCUT2D eigenvalue weighted by Crippen LogP contribution is 2.69. The number of ether oxygens (including phenoxy) is 1. The molecule has 0 spiro atoms. The number of esters is 1. The Labute approximate surface area is 249 Å². The molecule has 0 aromatic heterocycles. The van der Waals surface area contributed by atoms with Gasteiger partial charge in [0, 0.05) is 0 Å². The van der Waals surface area contributed by atoms with Crippen molar-refractivity contribution in [2.75, 3.05) is 7.11 Å². The fraction of sp³-hybridized carbons (Fsp3) is 0.912. The van der Waals surface area contributed by atoms with Crippen LogP contribution in [0.15, 0.2) is 11.6 Å². The number of rotatable bonds is 10. The van der Waals surface area contributed by atoms with Gasteiger partial charge in [0.15, 0.2) is 16.6 Å². The van der Waals surface area contributed by atoms with Crippen molar-refractivity contribution in [3.05, 3.63) is 11.6 Å². The molecule has 230 valence electrons. The maximum absolute atomic E-state index is 12.0. The van der Waals surface area contributed by atoms with E-state index in [0.717, 1.165) is 19.3 Å². The molecule has 0 radical (unpaired) electrons. The zero-order chi connectivity index (χ0) is 29.7. The summed E-state index contributed by atoms with van der Waals surface area (Å²) in [6.07, 6.45) is 15.4. The van der Waals surface area contributed by atoms with Crippen LogP contribution in [-0.4, -0.2) is 41.9 Å². The van der Waals surface area contributed by atoms with Crippen LogP contribution in [0.5, 0.6) is 0 Å². The normalized spacial score (nSPS) is 39.4. The van der Waals surface area contributed by atoms with Crippen molar-refractivity contribution in [2.45, 2.75) is 143 Å². The predicted molar refractivity (Wildman–Crippen MR) is 171 cm³/mol. The molecule has 4 nitrogen and oxygen atoms in total. The minimum Gasteiger partial charge on any atom is -0.469 e. The van der Waals surface area contributed by atoms with Gasteiger partial charge in [0.2, 0.25) is 0 Å². The van der Waals surface area contributed by atoms with E-state index in [1.54, 1.807) is 5.57 Å². The van der Waals surface area contributed by atoms with E-state index >= 15 is 0 Å². The maximum Gasteiger partial charge on any atom is 0.308 e. The van der Waals surface area contributed by atoms with E-state index in [2.05, 4.69) is 66.1 Å². The minimum atomic E-state index is -1.74. The number of fused-ring (bicyclic) bond motifs is 5. The quantitative estimate of drug-likeness (QED) is 0.144. The third kappa shape index (κ3) is 6.40. The summed E-state index contributed by atoms with van der Waals surface area (Å²) in [5.74, 6) is 3.16. The summed E-state index contributed by atoms with van der Waals surface area (Å²) in [5.41, 5.74) is 2.20. The van der Waals surface area contributed by atoms with Crippen LogP contribution in [0.4, 0.5) is 0 Å². The molecule has 4 aliphatic rings. The van der Waals surface area contributed by atoms with Gasteiger partial charge < -0.3 is 13.6 Å². The summed E-state index contributed by atoms with van der Waals surface area (Å²) in [5, 5.41) is 0. The molecule has 6 heteroatoms. The van der Waals surface area contributed by atoms with Crippen LogP contribution in [0.25, 0.3) is 0 Å². The number of hydrogen-bond donors (Lipinski definition) is 0.